The molecule has 0 heterocycles. The van der Waals surface area contributed by atoms with E-state index >= 15 is 0 Å². The minimum atomic E-state index is -0.110. The summed E-state index contributed by atoms with van der Waals surface area (Å²) in [5.74, 6) is 0.779. The third kappa shape index (κ3) is 5.41. The first-order valence-corrected chi connectivity index (χ1v) is 7.86. The maximum atomic E-state index is 12.0. The third-order valence-electron chi connectivity index (χ3n) is 3.05. The summed E-state index contributed by atoms with van der Waals surface area (Å²) in [6.45, 7) is 1.48. The molecule has 2 amide bonds. The highest BCUT2D eigenvalue weighted by atomic mass is 79.9. The molecule has 0 unspecified atom stereocenters. The van der Waals surface area contributed by atoms with Crippen molar-refractivity contribution < 1.29 is 9.53 Å². The molecule has 2 aromatic rings. The first-order chi connectivity index (χ1) is 10.6. The van der Waals surface area contributed by atoms with Gasteiger partial charge in [0.2, 0.25) is 0 Å². The number of urea groups is 1. The van der Waals surface area contributed by atoms with E-state index in [0.29, 0.717) is 19.7 Å². The molecule has 0 aliphatic rings. The number of halogens is 1. The zero-order valence-corrected chi connectivity index (χ0v) is 14.0. The molecular weight excluding hydrogens is 344 g/mol. The fourth-order valence-corrected chi connectivity index (χ4v) is 2.33. The standard InChI is InChI=1S/C17H19BrN2O2/c1-20(13-14-6-3-2-4-7-14)17(21)19-10-11-22-16-9-5-8-15(18)12-16/h2-9,12H,10-11,13H2,1H3,(H,19,21). The van der Waals surface area contributed by atoms with Crippen molar-refractivity contribution >= 4 is 22.0 Å². The fourth-order valence-electron chi connectivity index (χ4n) is 1.95. The summed E-state index contributed by atoms with van der Waals surface area (Å²) in [7, 11) is 1.78. The second-order valence-corrected chi connectivity index (χ2v) is 5.80. The third-order valence-corrected chi connectivity index (χ3v) is 3.55. The zero-order valence-electron chi connectivity index (χ0n) is 12.5. The number of carbonyl (C=O) groups is 1. The van der Waals surface area contributed by atoms with Crippen molar-refractivity contribution in [3.8, 4) is 5.75 Å². The van der Waals surface area contributed by atoms with Crippen LogP contribution >= 0.6 is 15.9 Å². The van der Waals surface area contributed by atoms with Gasteiger partial charge in [0, 0.05) is 18.1 Å². The summed E-state index contributed by atoms with van der Waals surface area (Å²) in [5, 5.41) is 2.84. The first kappa shape index (κ1) is 16.4. The van der Waals surface area contributed by atoms with Crippen molar-refractivity contribution in [3.63, 3.8) is 0 Å². The Bertz CT molecular complexity index is 605. The molecule has 0 fully saturated rings. The number of nitrogens with one attached hydrogen (secondary N) is 1. The quantitative estimate of drug-likeness (QED) is 0.796. The van der Waals surface area contributed by atoms with Gasteiger partial charge in [-0.3, -0.25) is 0 Å². The number of nitrogens with zero attached hydrogens (tertiary/aromatic N) is 1. The number of hydrogen-bond acceptors (Lipinski definition) is 2. The van der Waals surface area contributed by atoms with Gasteiger partial charge in [0.05, 0.1) is 6.54 Å². The molecule has 4 nitrogen and oxygen atoms in total. The van der Waals surface area contributed by atoms with Crippen molar-refractivity contribution in [2.24, 2.45) is 0 Å². The van der Waals surface area contributed by atoms with E-state index in [-0.39, 0.29) is 6.03 Å². The average molecular weight is 363 g/mol. The van der Waals surface area contributed by atoms with Crippen LogP contribution in [-0.4, -0.2) is 31.1 Å². The molecule has 0 radical (unpaired) electrons. The topological polar surface area (TPSA) is 41.6 Å². The summed E-state index contributed by atoms with van der Waals surface area (Å²) < 4.78 is 6.54. The molecule has 2 aromatic carbocycles. The predicted octanol–water partition coefficient (Wildman–Crippen LogP) is 3.67. The second-order valence-electron chi connectivity index (χ2n) is 4.88. The van der Waals surface area contributed by atoms with Crippen molar-refractivity contribution in [2.45, 2.75) is 6.54 Å². The largest absolute Gasteiger partial charge is 0.492 e. The van der Waals surface area contributed by atoms with E-state index in [1.54, 1.807) is 11.9 Å². The normalized spacial score (nSPS) is 10.1. The van der Waals surface area contributed by atoms with Gasteiger partial charge in [0.15, 0.2) is 0 Å². The smallest absolute Gasteiger partial charge is 0.317 e. The van der Waals surface area contributed by atoms with Crippen LogP contribution in [0.5, 0.6) is 5.75 Å². The van der Waals surface area contributed by atoms with Crippen molar-refractivity contribution in [1.82, 2.24) is 10.2 Å². The number of amides is 2. The zero-order chi connectivity index (χ0) is 15.8. The Morgan fingerprint density at radius 2 is 1.95 bits per heavy atom. The van der Waals surface area contributed by atoms with E-state index in [0.717, 1.165) is 15.8 Å². The van der Waals surface area contributed by atoms with Crippen LogP contribution in [-0.2, 0) is 6.54 Å². The Kier molecular flexibility index (Phi) is 6.27. The molecule has 0 saturated heterocycles. The molecule has 1 N–H and O–H groups in total. The Morgan fingerprint density at radius 1 is 1.18 bits per heavy atom. The van der Waals surface area contributed by atoms with Gasteiger partial charge < -0.3 is 15.0 Å². The Morgan fingerprint density at radius 3 is 2.68 bits per heavy atom. The molecule has 0 atom stereocenters. The summed E-state index contributed by atoms with van der Waals surface area (Å²) in [6.07, 6.45) is 0. The van der Waals surface area contributed by atoms with Crippen molar-refractivity contribution in [3.05, 3.63) is 64.6 Å². The lowest BCUT2D eigenvalue weighted by atomic mass is 10.2. The van der Waals surface area contributed by atoms with Gasteiger partial charge in [-0.1, -0.05) is 52.3 Å². The van der Waals surface area contributed by atoms with Crippen LogP contribution in [0, 0.1) is 0 Å². The van der Waals surface area contributed by atoms with E-state index in [4.69, 9.17) is 4.74 Å². The van der Waals surface area contributed by atoms with Gasteiger partial charge in [-0.25, -0.2) is 4.79 Å². The van der Waals surface area contributed by atoms with Gasteiger partial charge in [0.1, 0.15) is 12.4 Å². The van der Waals surface area contributed by atoms with Crippen LogP contribution in [0.4, 0.5) is 4.79 Å². The highest BCUT2D eigenvalue weighted by Gasteiger charge is 2.08. The Balaban J connectivity index is 1.69. The van der Waals surface area contributed by atoms with E-state index in [9.17, 15) is 4.79 Å². The highest BCUT2D eigenvalue weighted by Crippen LogP contribution is 2.17. The van der Waals surface area contributed by atoms with Gasteiger partial charge in [-0.05, 0) is 23.8 Å². The van der Waals surface area contributed by atoms with Gasteiger partial charge >= 0.3 is 6.03 Å². The predicted molar refractivity (Wildman–Crippen MR) is 90.9 cm³/mol. The van der Waals surface area contributed by atoms with E-state index in [2.05, 4.69) is 21.2 Å². The minimum Gasteiger partial charge on any atom is -0.492 e. The van der Waals surface area contributed by atoms with Crippen molar-refractivity contribution in [1.29, 1.82) is 0 Å². The van der Waals surface area contributed by atoms with Gasteiger partial charge in [0.25, 0.3) is 0 Å². The fraction of sp³-hybridized carbons (Fsp3) is 0.235. The second kappa shape index (κ2) is 8.44. The summed E-state index contributed by atoms with van der Waals surface area (Å²) in [6, 6.07) is 17.4. The SMILES string of the molecule is CN(Cc1ccccc1)C(=O)NCCOc1cccc(Br)c1. The molecule has 0 saturated carbocycles. The first-order valence-electron chi connectivity index (χ1n) is 7.06. The lowest BCUT2D eigenvalue weighted by Crippen LogP contribution is -2.38. The molecule has 0 aromatic heterocycles. The van der Waals surface area contributed by atoms with Crippen LogP contribution < -0.4 is 10.1 Å². The Hall–Kier alpha value is -2.01. The number of ether oxygens (including phenoxy) is 1. The number of carbonyl (C=O) groups excluding carboxylic acids is 1. The van der Waals surface area contributed by atoms with Crippen LogP contribution in [0.2, 0.25) is 0 Å². The number of benzene rings is 2. The summed E-state index contributed by atoms with van der Waals surface area (Å²) in [4.78, 5) is 13.6. The molecule has 5 heteroatoms. The average Bonchev–Trinajstić information content (AvgIpc) is 2.52. The molecule has 0 aliphatic carbocycles. The lowest BCUT2D eigenvalue weighted by molar-refractivity contribution is 0.203. The van der Waals surface area contributed by atoms with E-state index in [1.165, 1.54) is 0 Å². The van der Waals surface area contributed by atoms with Gasteiger partial charge in [-0.2, -0.15) is 0 Å². The van der Waals surface area contributed by atoms with Crippen molar-refractivity contribution in [2.75, 3.05) is 20.2 Å². The highest BCUT2D eigenvalue weighted by molar-refractivity contribution is 9.10. The maximum absolute atomic E-state index is 12.0. The van der Waals surface area contributed by atoms with Crippen LogP contribution in [0.15, 0.2) is 59.1 Å². The molecule has 0 bridgehead atoms. The molecule has 116 valence electrons. The van der Waals surface area contributed by atoms with E-state index in [1.807, 2.05) is 54.6 Å². The molecule has 0 aliphatic heterocycles. The molecule has 2 rings (SSSR count). The van der Waals surface area contributed by atoms with Crippen LogP contribution in [0.1, 0.15) is 5.56 Å². The lowest BCUT2D eigenvalue weighted by Gasteiger charge is -2.18. The molecule has 0 spiro atoms. The molecular formula is C17H19BrN2O2. The summed E-state index contributed by atoms with van der Waals surface area (Å²) in [5.41, 5.74) is 1.10. The maximum Gasteiger partial charge on any atom is 0.317 e. The monoisotopic (exact) mass is 362 g/mol. The van der Waals surface area contributed by atoms with E-state index < -0.39 is 0 Å². The summed E-state index contributed by atoms with van der Waals surface area (Å²) >= 11 is 3.39. The number of hydrogen-bond donors (Lipinski definition) is 1. The number of rotatable bonds is 6. The minimum absolute atomic E-state index is 0.110. The van der Waals surface area contributed by atoms with Gasteiger partial charge in [-0.15, -0.1) is 0 Å². The van der Waals surface area contributed by atoms with Crippen LogP contribution in [0.3, 0.4) is 0 Å². The van der Waals surface area contributed by atoms with Crippen LogP contribution in [0.25, 0.3) is 0 Å². The Labute approximate surface area is 139 Å². The molecule has 22 heavy (non-hydrogen) atoms.